The van der Waals surface area contributed by atoms with Crippen LogP contribution in [0.15, 0.2) is 41.3 Å². The molecule has 2 aromatic carbocycles. The van der Waals surface area contributed by atoms with Crippen molar-refractivity contribution in [1.82, 2.24) is 4.72 Å². The second-order valence-electron chi connectivity index (χ2n) is 5.74. The van der Waals surface area contributed by atoms with Gasteiger partial charge in [-0.1, -0.05) is 6.07 Å². The molecule has 0 amide bonds. The van der Waals surface area contributed by atoms with E-state index in [1.54, 1.807) is 38.3 Å². The molecule has 1 N–H and O–H groups in total. The highest BCUT2D eigenvalue weighted by Gasteiger charge is 2.18. The minimum Gasteiger partial charge on any atom is -0.496 e. The van der Waals surface area contributed by atoms with E-state index in [2.05, 4.69) is 4.72 Å². The van der Waals surface area contributed by atoms with Gasteiger partial charge in [0, 0.05) is 12.6 Å². The molecular weight excluding hydrogens is 354 g/mol. The Morgan fingerprint density at radius 3 is 2.35 bits per heavy atom. The molecule has 0 unspecified atom stereocenters. The molecule has 6 nitrogen and oxygen atoms in total. The predicted octanol–water partition coefficient (Wildman–Crippen LogP) is 3.07. The van der Waals surface area contributed by atoms with Crippen molar-refractivity contribution in [2.24, 2.45) is 0 Å². The molecule has 0 fully saturated rings. The number of hydrogen-bond donors (Lipinski definition) is 1. The average molecular weight is 379 g/mol. The lowest BCUT2D eigenvalue weighted by atomic mass is 10.1. The van der Waals surface area contributed by atoms with E-state index in [-0.39, 0.29) is 18.0 Å². The first-order chi connectivity index (χ1) is 12.4. The van der Waals surface area contributed by atoms with Crippen LogP contribution in [-0.4, -0.2) is 35.3 Å². The molecule has 0 atom stereocenters. The number of sulfonamides is 1. The third kappa shape index (κ3) is 5.12. The van der Waals surface area contributed by atoms with Crippen LogP contribution in [0.3, 0.4) is 0 Å². The summed E-state index contributed by atoms with van der Waals surface area (Å²) in [4.78, 5) is 0.245. The summed E-state index contributed by atoms with van der Waals surface area (Å²) in [6.07, 6.45) is 0. The normalized spacial score (nSPS) is 11.2. The minimum atomic E-state index is -3.62. The van der Waals surface area contributed by atoms with Gasteiger partial charge in [0.25, 0.3) is 0 Å². The van der Waals surface area contributed by atoms with Gasteiger partial charge in [-0.15, -0.1) is 0 Å². The van der Waals surface area contributed by atoms with E-state index in [0.717, 1.165) is 11.3 Å². The third-order valence-corrected chi connectivity index (χ3v) is 5.36. The molecule has 0 aliphatic heterocycles. The van der Waals surface area contributed by atoms with Crippen LogP contribution in [0.4, 0.5) is 0 Å². The number of methoxy groups -OCH3 is 1. The van der Waals surface area contributed by atoms with E-state index in [1.807, 2.05) is 26.0 Å². The largest absolute Gasteiger partial charge is 0.496 e. The molecule has 26 heavy (non-hydrogen) atoms. The summed E-state index contributed by atoms with van der Waals surface area (Å²) in [5.41, 5.74) is 1.40. The molecule has 0 aliphatic rings. The summed E-state index contributed by atoms with van der Waals surface area (Å²) in [5, 5.41) is 0. The highest BCUT2D eigenvalue weighted by Crippen LogP contribution is 2.25. The van der Waals surface area contributed by atoms with Crippen molar-refractivity contribution < 1.29 is 22.6 Å². The first-order valence-corrected chi connectivity index (χ1v) is 9.86. The fraction of sp³-hybridized carbons (Fsp3) is 0.368. The highest BCUT2D eigenvalue weighted by atomic mass is 32.2. The van der Waals surface area contributed by atoms with Crippen LogP contribution in [-0.2, 0) is 10.0 Å². The van der Waals surface area contributed by atoms with Gasteiger partial charge in [0.15, 0.2) is 0 Å². The quantitative estimate of drug-likeness (QED) is 0.678. The molecule has 0 aromatic heterocycles. The molecule has 0 spiro atoms. The van der Waals surface area contributed by atoms with Gasteiger partial charge >= 0.3 is 0 Å². The lowest BCUT2D eigenvalue weighted by Gasteiger charge is -2.13. The molecule has 142 valence electrons. The molecule has 0 heterocycles. The minimum absolute atomic E-state index is 0.158. The van der Waals surface area contributed by atoms with E-state index in [1.165, 1.54) is 0 Å². The average Bonchev–Trinajstić information content (AvgIpc) is 2.61. The van der Waals surface area contributed by atoms with Crippen molar-refractivity contribution in [2.45, 2.75) is 25.7 Å². The molecular formula is C19H25NO5S. The van der Waals surface area contributed by atoms with Crippen LogP contribution < -0.4 is 18.9 Å². The second kappa shape index (κ2) is 8.91. The number of ether oxygens (including phenoxy) is 3. The zero-order valence-corrected chi connectivity index (χ0v) is 16.4. The Bertz CT molecular complexity index is 849. The summed E-state index contributed by atoms with van der Waals surface area (Å²) in [6, 6.07) is 10.6. The van der Waals surface area contributed by atoms with Crippen LogP contribution in [0.2, 0.25) is 0 Å². The second-order valence-corrected chi connectivity index (χ2v) is 7.48. The Labute approximate surface area is 155 Å². The Morgan fingerprint density at radius 2 is 1.69 bits per heavy atom. The summed E-state index contributed by atoms with van der Waals surface area (Å²) >= 11 is 0. The van der Waals surface area contributed by atoms with Gasteiger partial charge in [0.05, 0.1) is 18.6 Å². The molecule has 2 rings (SSSR count). The fourth-order valence-corrected chi connectivity index (χ4v) is 3.84. The van der Waals surface area contributed by atoms with Crippen molar-refractivity contribution in [3.63, 3.8) is 0 Å². The van der Waals surface area contributed by atoms with Crippen LogP contribution in [0.1, 0.15) is 18.1 Å². The van der Waals surface area contributed by atoms with Gasteiger partial charge in [-0.2, -0.15) is 0 Å². The summed E-state index contributed by atoms with van der Waals surface area (Å²) in [6.45, 7) is 6.40. The maximum Gasteiger partial charge on any atom is 0.240 e. The third-order valence-electron chi connectivity index (χ3n) is 3.76. The van der Waals surface area contributed by atoms with E-state index in [9.17, 15) is 8.42 Å². The molecule has 0 aliphatic carbocycles. The zero-order chi connectivity index (χ0) is 19.2. The predicted molar refractivity (Wildman–Crippen MR) is 101 cm³/mol. The fourth-order valence-electron chi connectivity index (χ4n) is 2.52. The molecule has 7 heteroatoms. The van der Waals surface area contributed by atoms with E-state index < -0.39 is 10.0 Å². The van der Waals surface area contributed by atoms with E-state index in [4.69, 9.17) is 14.2 Å². The summed E-state index contributed by atoms with van der Waals surface area (Å²) < 4.78 is 43.8. The molecule has 0 saturated heterocycles. The molecule has 0 bridgehead atoms. The number of hydrogen-bond acceptors (Lipinski definition) is 5. The van der Waals surface area contributed by atoms with Gasteiger partial charge in [-0.05, 0) is 56.2 Å². The maximum absolute atomic E-state index is 12.5. The smallest absolute Gasteiger partial charge is 0.240 e. The van der Waals surface area contributed by atoms with Crippen LogP contribution in [0.25, 0.3) is 0 Å². The van der Waals surface area contributed by atoms with Crippen molar-refractivity contribution in [3.05, 3.63) is 47.5 Å². The van der Waals surface area contributed by atoms with Crippen molar-refractivity contribution in [1.29, 1.82) is 0 Å². The SMILES string of the molecule is CCOc1cccc(OCCNS(=O)(=O)c2cc(C)c(OC)cc2C)c1. The summed E-state index contributed by atoms with van der Waals surface area (Å²) in [5.74, 6) is 2.01. The Balaban J connectivity index is 1.96. The highest BCUT2D eigenvalue weighted by molar-refractivity contribution is 7.89. The zero-order valence-electron chi connectivity index (χ0n) is 15.5. The Morgan fingerprint density at radius 1 is 1.00 bits per heavy atom. The van der Waals surface area contributed by atoms with Gasteiger partial charge < -0.3 is 14.2 Å². The van der Waals surface area contributed by atoms with Crippen LogP contribution in [0, 0.1) is 13.8 Å². The first kappa shape index (κ1) is 20.1. The lowest BCUT2D eigenvalue weighted by Crippen LogP contribution is -2.29. The standard InChI is InChI=1S/C19H25NO5S/c1-5-24-16-7-6-8-17(13-16)25-10-9-20-26(21,22)19-12-14(2)18(23-4)11-15(19)3/h6-8,11-13,20H,5,9-10H2,1-4H3. The van der Waals surface area contributed by atoms with E-state index >= 15 is 0 Å². The molecule has 0 radical (unpaired) electrons. The lowest BCUT2D eigenvalue weighted by molar-refractivity contribution is 0.313. The number of benzene rings is 2. The number of nitrogens with one attached hydrogen (secondary N) is 1. The van der Waals surface area contributed by atoms with E-state index in [0.29, 0.717) is 23.7 Å². The van der Waals surface area contributed by atoms with Crippen molar-refractivity contribution in [2.75, 3.05) is 26.9 Å². The van der Waals surface area contributed by atoms with Gasteiger partial charge in [-0.25, -0.2) is 13.1 Å². The first-order valence-electron chi connectivity index (χ1n) is 8.38. The van der Waals surface area contributed by atoms with Gasteiger partial charge in [-0.3, -0.25) is 0 Å². The summed E-state index contributed by atoms with van der Waals surface area (Å²) in [7, 11) is -2.06. The van der Waals surface area contributed by atoms with Gasteiger partial charge in [0.1, 0.15) is 23.9 Å². The maximum atomic E-state index is 12.5. The Hall–Kier alpha value is -2.25. The number of aryl methyl sites for hydroxylation is 2. The molecule has 0 saturated carbocycles. The van der Waals surface area contributed by atoms with Crippen molar-refractivity contribution >= 4 is 10.0 Å². The Kier molecular flexibility index (Phi) is 6.88. The van der Waals surface area contributed by atoms with Gasteiger partial charge in [0.2, 0.25) is 10.0 Å². The van der Waals surface area contributed by atoms with Crippen molar-refractivity contribution in [3.8, 4) is 17.2 Å². The number of rotatable bonds is 9. The molecule has 2 aromatic rings. The van der Waals surface area contributed by atoms with Crippen LogP contribution >= 0.6 is 0 Å². The topological polar surface area (TPSA) is 73.9 Å². The monoisotopic (exact) mass is 379 g/mol. The van der Waals surface area contributed by atoms with Crippen LogP contribution in [0.5, 0.6) is 17.2 Å².